The third-order valence-electron chi connectivity index (χ3n) is 3.19. The largest absolute Gasteiger partial charge is 0.370 e. The smallest absolute Gasteiger partial charge is 0.191 e. The van der Waals surface area contributed by atoms with Gasteiger partial charge < -0.3 is 10.6 Å². The maximum atomic E-state index is 13.7. The van der Waals surface area contributed by atoms with Gasteiger partial charge in [0.2, 0.25) is 0 Å². The number of guanidine groups is 1. The molecule has 0 aliphatic carbocycles. The van der Waals surface area contributed by atoms with Crippen molar-refractivity contribution in [2.45, 2.75) is 11.4 Å². The van der Waals surface area contributed by atoms with Crippen molar-refractivity contribution in [2.24, 2.45) is 10.7 Å². The molecule has 9 heteroatoms. The highest BCUT2D eigenvalue weighted by Crippen LogP contribution is 2.16. The summed E-state index contributed by atoms with van der Waals surface area (Å²) in [6, 6.07) is 3.71. The first-order valence-electron chi connectivity index (χ1n) is 6.49. The van der Waals surface area contributed by atoms with E-state index >= 15 is 0 Å². The predicted octanol–water partition coefficient (Wildman–Crippen LogP) is 1.71. The van der Waals surface area contributed by atoms with Crippen LogP contribution in [0.1, 0.15) is 5.56 Å². The third-order valence-corrected chi connectivity index (χ3v) is 5.24. The number of hydrogen-bond donors (Lipinski definition) is 1. The van der Waals surface area contributed by atoms with Crippen molar-refractivity contribution in [3.8, 4) is 0 Å². The highest BCUT2D eigenvalue weighted by atomic mass is 127. The third kappa shape index (κ3) is 5.27. The minimum atomic E-state index is -3.36. The molecule has 0 radical (unpaired) electrons. The van der Waals surface area contributed by atoms with Crippen LogP contribution >= 0.6 is 35.7 Å². The molecule has 124 valence electrons. The van der Waals surface area contributed by atoms with Crippen LogP contribution in [0, 0.1) is 5.82 Å². The highest BCUT2D eigenvalue weighted by molar-refractivity contribution is 14.0. The number of thioether (sulfide) groups is 1. The Morgan fingerprint density at radius 2 is 2.05 bits per heavy atom. The van der Waals surface area contributed by atoms with Gasteiger partial charge in [-0.05, 0) is 18.2 Å². The fourth-order valence-corrected chi connectivity index (χ4v) is 3.54. The lowest BCUT2D eigenvalue weighted by Crippen LogP contribution is -2.42. The van der Waals surface area contributed by atoms with E-state index in [-0.39, 0.29) is 41.0 Å². The van der Waals surface area contributed by atoms with E-state index in [1.165, 1.54) is 12.1 Å². The van der Waals surface area contributed by atoms with Crippen LogP contribution in [-0.2, 0) is 16.4 Å². The summed E-state index contributed by atoms with van der Waals surface area (Å²) in [7, 11) is -3.36. The van der Waals surface area contributed by atoms with Crippen molar-refractivity contribution in [2.75, 3.05) is 30.9 Å². The minimum absolute atomic E-state index is 0. The fourth-order valence-electron chi connectivity index (χ4n) is 1.96. The summed E-state index contributed by atoms with van der Waals surface area (Å²) in [5.74, 6) is 1.88. The van der Waals surface area contributed by atoms with Crippen LogP contribution in [0.5, 0.6) is 0 Å². The number of nitrogens with two attached hydrogens (primary N) is 1. The Labute approximate surface area is 151 Å². The van der Waals surface area contributed by atoms with E-state index in [1.54, 1.807) is 0 Å². The summed E-state index contributed by atoms with van der Waals surface area (Å²) in [5.41, 5.74) is 6.13. The minimum Gasteiger partial charge on any atom is -0.370 e. The summed E-state index contributed by atoms with van der Waals surface area (Å²) >= 11 is 1.86. The van der Waals surface area contributed by atoms with Gasteiger partial charge in [0, 0.05) is 36.4 Å². The van der Waals surface area contributed by atoms with Crippen molar-refractivity contribution >= 4 is 51.5 Å². The first-order valence-corrected chi connectivity index (χ1v) is 9.53. The van der Waals surface area contributed by atoms with Gasteiger partial charge in [0.15, 0.2) is 15.8 Å². The molecule has 0 saturated carbocycles. The molecule has 2 rings (SSSR count). The second-order valence-corrected chi connectivity index (χ2v) is 8.04. The summed E-state index contributed by atoms with van der Waals surface area (Å²) < 4.78 is 36.7. The van der Waals surface area contributed by atoms with Crippen LogP contribution in [0.15, 0.2) is 28.1 Å². The quantitative estimate of drug-likeness (QED) is 0.323. The van der Waals surface area contributed by atoms with Gasteiger partial charge in [0.05, 0.1) is 11.4 Å². The van der Waals surface area contributed by atoms with Crippen LogP contribution in [0.3, 0.4) is 0 Å². The zero-order chi connectivity index (χ0) is 15.5. The molecule has 1 aliphatic rings. The van der Waals surface area contributed by atoms with E-state index in [2.05, 4.69) is 4.99 Å². The topological polar surface area (TPSA) is 75.8 Å². The standard InChI is InChI=1S/C13H18FN3O2S2.HI/c1-21(18,19)11-2-3-12(14)10(8-11)9-16-13(15)17-4-6-20-7-5-17;/h2-3,8H,4-7,9H2,1H3,(H2,15,16);1H. The highest BCUT2D eigenvalue weighted by Gasteiger charge is 2.14. The van der Waals surface area contributed by atoms with E-state index < -0.39 is 15.7 Å². The van der Waals surface area contributed by atoms with Gasteiger partial charge in [0.25, 0.3) is 0 Å². The lowest BCUT2D eigenvalue weighted by atomic mass is 10.2. The zero-order valence-electron chi connectivity index (χ0n) is 12.2. The van der Waals surface area contributed by atoms with Crippen LogP contribution < -0.4 is 5.73 Å². The second-order valence-electron chi connectivity index (χ2n) is 4.80. The fraction of sp³-hybridized carbons (Fsp3) is 0.462. The molecule has 1 aromatic carbocycles. The molecule has 5 nitrogen and oxygen atoms in total. The van der Waals surface area contributed by atoms with Crippen molar-refractivity contribution in [3.63, 3.8) is 0 Å². The molecular formula is C13H19FIN3O2S2. The van der Waals surface area contributed by atoms with E-state index in [4.69, 9.17) is 5.73 Å². The zero-order valence-corrected chi connectivity index (χ0v) is 16.1. The maximum absolute atomic E-state index is 13.7. The summed E-state index contributed by atoms with van der Waals surface area (Å²) in [6.07, 6.45) is 1.09. The van der Waals surface area contributed by atoms with Crippen LogP contribution in [0.2, 0.25) is 0 Å². The van der Waals surface area contributed by atoms with E-state index in [9.17, 15) is 12.8 Å². The molecular weight excluding hydrogens is 440 g/mol. The normalized spacial score (nSPS) is 16.3. The molecule has 1 saturated heterocycles. The van der Waals surface area contributed by atoms with Crippen molar-refractivity contribution in [3.05, 3.63) is 29.6 Å². The van der Waals surface area contributed by atoms with Gasteiger partial charge in [-0.1, -0.05) is 0 Å². The van der Waals surface area contributed by atoms with Gasteiger partial charge in [-0.25, -0.2) is 17.8 Å². The Balaban J connectivity index is 0.00000242. The van der Waals surface area contributed by atoms with Gasteiger partial charge in [0.1, 0.15) is 5.82 Å². The van der Waals surface area contributed by atoms with Crippen molar-refractivity contribution < 1.29 is 12.8 Å². The number of hydrogen-bond acceptors (Lipinski definition) is 4. The number of benzene rings is 1. The molecule has 0 spiro atoms. The Kier molecular flexibility index (Phi) is 7.39. The summed E-state index contributed by atoms with van der Waals surface area (Å²) in [4.78, 5) is 6.22. The Bertz CT molecular complexity index is 647. The van der Waals surface area contributed by atoms with E-state index in [1.807, 2.05) is 16.7 Å². The predicted molar refractivity (Wildman–Crippen MR) is 99.1 cm³/mol. The van der Waals surface area contributed by atoms with E-state index in [0.29, 0.717) is 5.96 Å². The van der Waals surface area contributed by atoms with Gasteiger partial charge in [-0.3, -0.25) is 0 Å². The van der Waals surface area contributed by atoms with Gasteiger partial charge in [-0.15, -0.1) is 24.0 Å². The molecule has 0 bridgehead atoms. The van der Waals surface area contributed by atoms with Crippen LogP contribution in [0.25, 0.3) is 0 Å². The SMILES string of the molecule is CS(=O)(=O)c1ccc(F)c(CN=C(N)N2CCSCC2)c1.I. The van der Waals surface area contributed by atoms with Crippen molar-refractivity contribution in [1.82, 2.24) is 4.90 Å². The summed E-state index contributed by atoms with van der Waals surface area (Å²) in [5, 5.41) is 0. The molecule has 22 heavy (non-hydrogen) atoms. The molecule has 0 amide bonds. The number of nitrogens with zero attached hydrogens (tertiary/aromatic N) is 2. The average Bonchev–Trinajstić information content (AvgIpc) is 2.45. The molecule has 2 N–H and O–H groups in total. The molecule has 1 heterocycles. The molecule has 0 atom stereocenters. The van der Waals surface area contributed by atoms with Crippen LogP contribution in [0.4, 0.5) is 4.39 Å². The van der Waals surface area contributed by atoms with Gasteiger partial charge >= 0.3 is 0 Å². The molecule has 0 aromatic heterocycles. The Hall–Kier alpha value is -0.550. The number of halogens is 2. The van der Waals surface area contributed by atoms with Gasteiger partial charge in [-0.2, -0.15) is 11.8 Å². The first kappa shape index (κ1) is 19.5. The lowest BCUT2D eigenvalue weighted by molar-refractivity contribution is 0.455. The second kappa shape index (κ2) is 8.34. The van der Waals surface area contributed by atoms with Crippen molar-refractivity contribution in [1.29, 1.82) is 0 Å². The molecule has 1 aliphatic heterocycles. The molecule has 1 fully saturated rings. The van der Waals surface area contributed by atoms with E-state index in [0.717, 1.165) is 36.9 Å². The first-order chi connectivity index (χ1) is 9.88. The monoisotopic (exact) mass is 459 g/mol. The maximum Gasteiger partial charge on any atom is 0.191 e. The molecule has 0 unspecified atom stereocenters. The number of sulfone groups is 1. The Morgan fingerprint density at radius 3 is 2.64 bits per heavy atom. The number of rotatable bonds is 3. The molecule has 1 aromatic rings. The average molecular weight is 459 g/mol. The Morgan fingerprint density at radius 1 is 1.41 bits per heavy atom. The summed E-state index contributed by atoms with van der Waals surface area (Å²) in [6.45, 7) is 1.68. The number of aliphatic imine (C=N–C) groups is 1. The lowest BCUT2D eigenvalue weighted by Gasteiger charge is -2.27. The van der Waals surface area contributed by atoms with Crippen LogP contribution in [-0.4, -0.2) is 50.1 Å².